The van der Waals surface area contributed by atoms with Gasteiger partial charge in [0.15, 0.2) is 5.16 Å². The van der Waals surface area contributed by atoms with Gasteiger partial charge >= 0.3 is 0 Å². The number of amides is 1. The molecule has 148 valence electrons. The fourth-order valence-electron chi connectivity index (χ4n) is 3.82. The number of anilines is 1. The second-order valence-electron chi connectivity index (χ2n) is 7.39. The predicted octanol–water partition coefficient (Wildman–Crippen LogP) is 4.18. The van der Waals surface area contributed by atoms with Gasteiger partial charge < -0.3 is 9.30 Å². The molecule has 1 atom stereocenters. The highest BCUT2D eigenvalue weighted by atomic mass is 32.2. The Labute approximate surface area is 173 Å². The number of thioether (sulfide) groups is 1. The summed E-state index contributed by atoms with van der Waals surface area (Å²) in [5.41, 5.74) is 1.88. The number of carbonyl (C=O) groups is 1. The molecule has 1 aliphatic carbocycles. The Bertz CT molecular complexity index is 1030. The molecule has 0 saturated heterocycles. The summed E-state index contributed by atoms with van der Waals surface area (Å²) in [5, 5.41) is 9.34. The number of benzene rings is 2. The molecule has 1 amide bonds. The number of aromatic nitrogens is 3. The Morgan fingerprint density at radius 1 is 1.10 bits per heavy atom. The molecular weight excluding hydrogens is 384 g/mol. The first-order valence-electron chi connectivity index (χ1n) is 9.85. The largest absolute Gasteiger partial charge is 0.489 e. The second-order valence-corrected chi connectivity index (χ2v) is 8.33. The van der Waals surface area contributed by atoms with Crippen LogP contribution in [0.1, 0.15) is 36.3 Å². The van der Waals surface area contributed by atoms with Crippen molar-refractivity contribution in [2.24, 2.45) is 0 Å². The van der Waals surface area contributed by atoms with Crippen molar-refractivity contribution in [2.45, 2.75) is 37.0 Å². The molecule has 0 N–H and O–H groups in total. The number of nitrogens with zero attached hydrogens (tertiary/aromatic N) is 4. The summed E-state index contributed by atoms with van der Waals surface area (Å²) in [4.78, 5) is 15.3. The summed E-state index contributed by atoms with van der Waals surface area (Å²) >= 11 is 1.47. The molecule has 29 heavy (non-hydrogen) atoms. The molecule has 1 saturated carbocycles. The first-order valence-corrected chi connectivity index (χ1v) is 10.8. The molecule has 0 radical (unpaired) electrons. The van der Waals surface area contributed by atoms with Crippen LogP contribution in [0.25, 0.3) is 0 Å². The fraction of sp³-hybridized carbons (Fsp3) is 0.318. The standard InChI is InChI=1S/C22H22N4O2S/c1-15-23-24-22(25(15)17-11-12-17)29-14-21(27)26-18-9-5-6-10-20(18)28-13-19(26)16-7-3-2-4-8-16/h2-10,17,19H,11-14H2,1H3. The summed E-state index contributed by atoms with van der Waals surface area (Å²) in [6, 6.07) is 18.1. The van der Waals surface area contributed by atoms with Crippen LogP contribution in [0.15, 0.2) is 59.8 Å². The van der Waals surface area contributed by atoms with Crippen LogP contribution in [-0.4, -0.2) is 33.0 Å². The molecule has 0 bridgehead atoms. The Hall–Kier alpha value is -2.80. The maximum Gasteiger partial charge on any atom is 0.238 e. The summed E-state index contributed by atoms with van der Waals surface area (Å²) < 4.78 is 8.14. The lowest BCUT2D eigenvalue weighted by atomic mass is 10.0. The smallest absolute Gasteiger partial charge is 0.238 e. The van der Waals surface area contributed by atoms with Gasteiger partial charge in [0, 0.05) is 6.04 Å². The van der Waals surface area contributed by atoms with Gasteiger partial charge in [-0.15, -0.1) is 10.2 Å². The third kappa shape index (κ3) is 3.51. The van der Waals surface area contributed by atoms with Gasteiger partial charge in [-0.2, -0.15) is 0 Å². The Balaban J connectivity index is 1.42. The zero-order valence-electron chi connectivity index (χ0n) is 16.2. The van der Waals surface area contributed by atoms with E-state index in [0.29, 0.717) is 18.4 Å². The van der Waals surface area contributed by atoms with Gasteiger partial charge in [-0.05, 0) is 37.5 Å². The minimum Gasteiger partial charge on any atom is -0.489 e. The molecular formula is C22H22N4O2S. The van der Waals surface area contributed by atoms with Gasteiger partial charge in [-0.25, -0.2) is 0 Å². The molecule has 5 rings (SSSR count). The monoisotopic (exact) mass is 406 g/mol. The molecule has 2 aromatic carbocycles. The highest BCUT2D eigenvalue weighted by Crippen LogP contribution is 2.41. The van der Waals surface area contributed by atoms with E-state index >= 15 is 0 Å². The minimum atomic E-state index is -0.151. The van der Waals surface area contributed by atoms with Crippen LogP contribution in [0.3, 0.4) is 0 Å². The maximum atomic E-state index is 13.4. The molecule has 2 aliphatic rings. The molecule has 6 nitrogen and oxygen atoms in total. The Morgan fingerprint density at radius 3 is 2.66 bits per heavy atom. The van der Waals surface area contributed by atoms with Gasteiger partial charge in [0.25, 0.3) is 0 Å². The molecule has 7 heteroatoms. The van der Waals surface area contributed by atoms with Crippen LogP contribution in [0.2, 0.25) is 0 Å². The highest BCUT2D eigenvalue weighted by Gasteiger charge is 2.34. The van der Waals surface area contributed by atoms with E-state index in [0.717, 1.165) is 40.8 Å². The average Bonchev–Trinajstić information content (AvgIpc) is 3.53. The lowest BCUT2D eigenvalue weighted by Gasteiger charge is -2.37. The van der Waals surface area contributed by atoms with Crippen LogP contribution in [0, 0.1) is 6.92 Å². The number of hydrogen-bond donors (Lipinski definition) is 0. The van der Waals surface area contributed by atoms with Crippen molar-refractivity contribution < 1.29 is 9.53 Å². The van der Waals surface area contributed by atoms with Crippen molar-refractivity contribution in [3.05, 3.63) is 66.0 Å². The van der Waals surface area contributed by atoms with Crippen molar-refractivity contribution in [1.82, 2.24) is 14.8 Å². The van der Waals surface area contributed by atoms with Crippen LogP contribution in [0.4, 0.5) is 5.69 Å². The topological polar surface area (TPSA) is 60.3 Å². The molecule has 1 aliphatic heterocycles. The zero-order chi connectivity index (χ0) is 19.8. The van der Waals surface area contributed by atoms with Crippen molar-refractivity contribution >= 4 is 23.4 Å². The zero-order valence-corrected chi connectivity index (χ0v) is 17.0. The van der Waals surface area contributed by atoms with Gasteiger partial charge in [0.1, 0.15) is 18.2 Å². The van der Waals surface area contributed by atoms with E-state index in [9.17, 15) is 4.79 Å². The molecule has 0 spiro atoms. The predicted molar refractivity (Wildman–Crippen MR) is 112 cm³/mol. The van der Waals surface area contributed by atoms with E-state index < -0.39 is 0 Å². The summed E-state index contributed by atoms with van der Waals surface area (Å²) in [6.07, 6.45) is 2.32. The lowest BCUT2D eigenvalue weighted by Crippen LogP contribution is -2.42. The lowest BCUT2D eigenvalue weighted by molar-refractivity contribution is -0.117. The quantitative estimate of drug-likeness (QED) is 0.595. The Morgan fingerprint density at radius 2 is 1.86 bits per heavy atom. The van der Waals surface area contributed by atoms with Crippen molar-refractivity contribution in [1.29, 1.82) is 0 Å². The second kappa shape index (κ2) is 7.55. The van der Waals surface area contributed by atoms with Gasteiger partial charge in [-0.3, -0.25) is 9.69 Å². The highest BCUT2D eigenvalue weighted by molar-refractivity contribution is 7.99. The molecule has 1 unspecified atom stereocenters. The summed E-state index contributed by atoms with van der Waals surface area (Å²) in [6.45, 7) is 2.41. The molecule has 3 aromatic rings. The number of ether oxygens (including phenoxy) is 1. The van der Waals surface area contributed by atoms with Gasteiger partial charge in [0.05, 0.1) is 17.5 Å². The summed E-state index contributed by atoms with van der Waals surface area (Å²) in [5.74, 6) is 2.02. The number of hydrogen-bond acceptors (Lipinski definition) is 5. The number of rotatable bonds is 5. The fourth-order valence-corrected chi connectivity index (χ4v) is 4.73. The van der Waals surface area contributed by atoms with Crippen molar-refractivity contribution in [3.8, 4) is 5.75 Å². The van der Waals surface area contributed by atoms with Crippen LogP contribution >= 0.6 is 11.8 Å². The van der Waals surface area contributed by atoms with Crippen LogP contribution < -0.4 is 9.64 Å². The minimum absolute atomic E-state index is 0.0441. The van der Waals surface area contributed by atoms with Crippen LogP contribution in [0.5, 0.6) is 5.75 Å². The van der Waals surface area contributed by atoms with E-state index in [-0.39, 0.29) is 11.9 Å². The number of aryl methyl sites for hydroxylation is 1. The van der Waals surface area contributed by atoms with E-state index in [1.807, 2.05) is 66.4 Å². The Kier molecular flexibility index (Phi) is 4.75. The average molecular weight is 407 g/mol. The van der Waals surface area contributed by atoms with Crippen molar-refractivity contribution in [2.75, 3.05) is 17.3 Å². The SMILES string of the molecule is Cc1nnc(SCC(=O)N2c3ccccc3OCC2c2ccccc2)n1C1CC1. The van der Waals surface area contributed by atoms with E-state index in [1.54, 1.807) is 0 Å². The molecule has 2 heterocycles. The van der Waals surface area contributed by atoms with Gasteiger partial charge in [0.2, 0.25) is 5.91 Å². The number of carbonyl (C=O) groups excluding carboxylic acids is 1. The first kappa shape index (κ1) is 18.2. The third-order valence-corrected chi connectivity index (χ3v) is 6.29. The maximum absolute atomic E-state index is 13.4. The summed E-state index contributed by atoms with van der Waals surface area (Å²) in [7, 11) is 0. The first-order chi connectivity index (χ1) is 14.2. The van der Waals surface area contributed by atoms with E-state index in [4.69, 9.17) is 4.74 Å². The normalized spacial score (nSPS) is 18.2. The van der Waals surface area contributed by atoms with Crippen LogP contribution in [-0.2, 0) is 4.79 Å². The molecule has 1 aromatic heterocycles. The van der Waals surface area contributed by atoms with Crippen molar-refractivity contribution in [3.63, 3.8) is 0 Å². The van der Waals surface area contributed by atoms with E-state index in [1.165, 1.54) is 11.8 Å². The third-order valence-electron chi connectivity index (χ3n) is 5.36. The van der Waals surface area contributed by atoms with Gasteiger partial charge in [-0.1, -0.05) is 54.2 Å². The molecule has 1 fully saturated rings. The van der Waals surface area contributed by atoms with E-state index in [2.05, 4.69) is 14.8 Å². The number of para-hydroxylation sites is 2. The number of fused-ring (bicyclic) bond motifs is 1.